The second-order valence-electron chi connectivity index (χ2n) is 8.38. The molecule has 3 heterocycles. The van der Waals surface area contributed by atoms with Gasteiger partial charge in [0.25, 0.3) is 0 Å². The minimum atomic E-state index is 0.0776. The summed E-state index contributed by atoms with van der Waals surface area (Å²) in [6.45, 7) is 3.75. The Morgan fingerprint density at radius 2 is 2.06 bits per heavy atom. The summed E-state index contributed by atoms with van der Waals surface area (Å²) >= 11 is 0. The number of benzene rings is 1. The number of furan rings is 1. The van der Waals surface area contributed by atoms with E-state index < -0.39 is 0 Å². The summed E-state index contributed by atoms with van der Waals surface area (Å²) in [5, 5.41) is 6.92. The molecule has 0 radical (unpaired) electrons. The first kappa shape index (κ1) is 21.4. The van der Waals surface area contributed by atoms with Gasteiger partial charge in [-0.2, -0.15) is 0 Å². The Kier molecular flexibility index (Phi) is 7.25. The summed E-state index contributed by atoms with van der Waals surface area (Å²) in [5.41, 5.74) is 1.18. The van der Waals surface area contributed by atoms with Crippen LogP contribution < -0.4 is 10.6 Å². The lowest BCUT2D eigenvalue weighted by atomic mass is 9.94. The Bertz CT molecular complexity index is 847. The van der Waals surface area contributed by atoms with Crippen molar-refractivity contribution in [3.8, 4) is 0 Å². The third-order valence-electron chi connectivity index (χ3n) is 6.14. The molecule has 4 rings (SSSR count). The molecule has 2 aliphatic heterocycles. The third kappa shape index (κ3) is 5.67. The molecule has 1 aromatic carbocycles. The van der Waals surface area contributed by atoms with Crippen molar-refractivity contribution in [2.45, 2.75) is 25.3 Å². The SMILES string of the molecule is CN1C(=O)CC(CNC(=NCC2CCOC2)NCCc2ccco2)C1c1ccccc1. The van der Waals surface area contributed by atoms with Crippen LogP contribution in [0.3, 0.4) is 0 Å². The van der Waals surface area contributed by atoms with Crippen molar-refractivity contribution in [1.29, 1.82) is 0 Å². The lowest BCUT2D eigenvalue weighted by molar-refractivity contribution is -0.127. The number of nitrogens with zero attached hydrogens (tertiary/aromatic N) is 2. The van der Waals surface area contributed by atoms with Crippen LogP contribution in [-0.2, 0) is 16.0 Å². The van der Waals surface area contributed by atoms with Crippen LogP contribution in [0.1, 0.15) is 30.2 Å². The van der Waals surface area contributed by atoms with Crippen molar-refractivity contribution in [3.05, 3.63) is 60.1 Å². The monoisotopic (exact) mass is 424 g/mol. The number of amides is 1. The highest BCUT2D eigenvalue weighted by molar-refractivity contribution is 5.81. The first-order chi connectivity index (χ1) is 15.2. The van der Waals surface area contributed by atoms with E-state index in [4.69, 9.17) is 14.1 Å². The molecule has 2 N–H and O–H groups in total. The highest BCUT2D eigenvalue weighted by atomic mass is 16.5. The van der Waals surface area contributed by atoms with E-state index in [1.54, 1.807) is 6.26 Å². The van der Waals surface area contributed by atoms with Gasteiger partial charge in [-0.1, -0.05) is 30.3 Å². The standard InChI is InChI=1S/C24H32N4O3/c1-28-22(29)14-20(23(28)19-6-3-2-4-7-19)16-27-24(26-15-18-10-13-30-17-18)25-11-9-21-8-5-12-31-21/h2-8,12,18,20,23H,9-11,13-17H2,1H3,(H2,25,26,27). The Labute approximate surface area is 183 Å². The number of aliphatic imine (C=N–C) groups is 1. The minimum Gasteiger partial charge on any atom is -0.469 e. The first-order valence-electron chi connectivity index (χ1n) is 11.1. The Morgan fingerprint density at radius 3 is 2.81 bits per heavy atom. The predicted molar refractivity (Wildman–Crippen MR) is 120 cm³/mol. The molecule has 0 spiro atoms. The maximum Gasteiger partial charge on any atom is 0.223 e. The fourth-order valence-corrected chi connectivity index (χ4v) is 4.39. The molecule has 3 atom stereocenters. The fraction of sp³-hybridized carbons (Fsp3) is 0.500. The van der Waals surface area contributed by atoms with E-state index >= 15 is 0 Å². The average molecular weight is 425 g/mol. The number of ether oxygens (including phenoxy) is 1. The van der Waals surface area contributed by atoms with Gasteiger partial charge in [0.05, 0.1) is 18.9 Å². The van der Waals surface area contributed by atoms with E-state index in [1.165, 1.54) is 5.56 Å². The van der Waals surface area contributed by atoms with E-state index in [1.807, 2.05) is 42.3 Å². The van der Waals surface area contributed by atoms with Gasteiger partial charge >= 0.3 is 0 Å². The maximum absolute atomic E-state index is 12.4. The van der Waals surface area contributed by atoms with Crippen molar-refractivity contribution >= 4 is 11.9 Å². The van der Waals surface area contributed by atoms with Gasteiger partial charge in [-0.3, -0.25) is 9.79 Å². The lowest BCUT2D eigenvalue weighted by Crippen LogP contribution is -2.42. The second-order valence-corrected chi connectivity index (χ2v) is 8.38. The zero-order valence-electron chi connectivity index (χ0n) is 18.1. The molecule has 1 aromatic heterocycles. The number of rotatable bonds is 8. The molecule has 0 saturated carbocycles. The smallest absolute Gasteiger partial charge is 0.223 e. The summed E-state index contributed by atoms with van der Waals surface area (Å²) in [6, 6.07) is 14.2. The molecule has 2 aromatic rings. The van der Waals surface area contributed by atoms with E-state index in [9.17, 15) is 4.79 Å². The van der Waals surface area contributed by atoms with Crippen molar-refractivity contribution < 1.29 is 13.9 Å². The number of carbonyl (C=O) groups is 1. The molecule has 1 amide bonds. The molecule has 0 aliphatic carbocycles. The van der Waals surface area contributed by atoms with Gasteiger partial charge in [0.15, 0.2) is 5.96 Å². The van der Waals surface area contributed by atoms with Crippen LogP contribution in [0.5, 0.6) is 0 Å². The number of hydrogen-bond acceptors (Lipinski definition) is 4. The summed E-state index contributed by atoms with van der Waals surface area (Å²) < 4.78 is 10.9. The quantitative estimate of drug-likeness (QED) is 0.503. The molecule has 0 bridgehead atoms. The highest BCUT2D eigenvalue weighted by Gasteiger charge is 2.38. The maximum atomic E-state index is 12.4. The zero-order valence-corrected chi connectivity index (χ0v) is 18.1. The zero-order chi connectivity index (χ0) is 21.5. The molecule has 2 fully saturated rings. The third-order valence-corrected chi connectivity index (χ3v) is 6.14. The van der Waals surface area contributed by atoms with Gasteiger partial charge in [0.2, 0.25) is 5.91 Å². The molecular weight excluding hydrogens is 392 g/mol. The van der Waals surface area contributed by atoms with Crippen LogP contribution in [0.4, 0.5) is 0 Å². The molecule has 2 saturated heterocycles. The molecule has 7 heteroatoms. The van der Waals surface area contributed by atoms with Gasteiger partial charge in [0, 0.05) is 58.0 Å². The van der Waals surface area contributed by atoms with Crippen molar-refractivity contribution in [3.63, 3.8) is 0 Å². The van der Waals surface area contributed by atoms with Crippen molar-refractivity contribution in [2.75, 3.05) is 39.9 Å². The largest absolute Gasteiger partial charge is 0.469 e. The van der Waals surface area contributed by atoms with Gasteiger partial charge in [-0.05, 0) is 24.1 Å². The van der Waals surface area contributed by atoms with Crippen LogP contribution in [0.2, 0.25) is 0 Å². The topological polar surface area (TPSA) is 79.1 Å². The number of likely N-dealkylation sites (tertiary alicyclic amines) is 1. The molecule has 3 unspecified atom stereocenters. The van der Waals surface area contributed by atoms with Crippen LogP contribution >= 0.6 is 0 Å². The summed E-state index contributed by atoms with van der Waals surface area (Å²) in [7, 11) is 1.90. The van der Waals surface area contributed by atoms with Crippen molar-refractivity contribution in [2.24, 2.45) is 16.8 Å². The molecule has 166 valence electrons. The second kappa shape index (κ2) is 10.5. The number of nitrogens with one attached hydrogen (secondary N) is 2. The van der Waals surface area contributed by atoms with Gasteiger partial charge < -0.3 is 24.7 Å². The van der Waals surface area contributed by atoms with Gasteiger partial charge in [-0.15, -0.1) is 0 Å². The average Bonchev–Trinajstić information content (AvgIpc) is 3.54. The number of guanidine groups is 1. The fourth-order valence-electron chi connectivity index (χ4n) is 4.39. The van der Waals surface area contributed by atoms with E-state index in [0.29, 0.717) is 18.9 Å². The van der Waals surface area contributed by atoms with E-state index in [0.717, 1.165) is 50.9 Å². The molecule has 31 heavy (non-hydrogen) atoms. The van der Waals surface area contributed by atoms with Gasteiger partial charge in [0.1, 0.15) is 5.76 Å². The van der Waals surface area contributed by atoms with E-state index in [-0.39, 0.29) is 17.9 Å². The van der Waals surface area contributed by atoms with Gasteiger partial charge in [-0.25, -0.2) is 0 Å². The summed E-state index contributed by atoms with van der Waals surface area (Å²) in [5.74, 6) is 2.58. The highest BCUT2D eigenvalue weighted by Crippen LogP contribution is 2.36. The summed E-state index contributed by atoms with van der Waals surface area (Å²) in [6.07, 6.45) is 4.08. The minimum absolute atomic E-state index is 0.0776. The van der Waals surface area contributed by atoms with Crippen LogP contribution in [0, 0.1) is 11.8 Å². The van der Waals surface area contributed by atoms with E-state index in [2.05, 4.69) is 22.8 Å². The number of carbonyl (C=O) groups excluding carboxylic acids is 1. The predicted octanol–water partition coefficient (Wildman–Crippen LogP) is 2.61. The van der Waals surface area contributed by atoms with Crippen LogP contribution in [-0.4, -0.2) is 56.7 Å². The Morgan fingerprint density at radius 1 is 1.19 bits per heavy atom. The first-order valence-corrected chi connectivity index (χ1v) is 11.1. The van der Waals surface area contributed by atoms with Crippen LogP contribution in [0.25, 0.3) is 0 Å². The Hall–Kier alpha value is -2.80. The summed E-state index contributed by atoms with van der Waals surface area (Å²) in [4.78, 5) is 19.1. The normalized spacial score (nSPS) is 24.0. The molecule has 2 aliphatic rings. The molecule has 7 nitrogen and oxygen atoms in total. The number of hydrogen-bond donors (Lipinski definition) is 2. The Balaban J connectivity index is 1.38. The lowest BCUT2D eigenvalue weighted by Gasteiger charge is -2.26. The van der Waals surface area contributed by atoms with Crippen LogP contribution in [0.15, 0.2) is 58.1 Å². The van der Waals surface area contributed by atoms with Crippen molar-refractivity contribution in [1.82, 2.24) is 15.5 Å². The molecular formula is C24H32N4O3.